The molecule has 1 aliphatic heterocycles. The number of nitrogens with zero attached hydrogens (tertiary/aromatic N) is 2. The highest BCUT2D eigenvalue weighted by Gasteiger charge is 2.49. The van der Waals surface area contributed by atoms with Gasteiger partial charge in [-0.3, -0.25) is 0 Å². The Labute approximate surface area is 145 Å². The van der Waals surface area contributed by atoms with Crippen molar-refractivity contribution in [1.29, 1.82) is 0 Å². The van der Waals surface area contributed by atoms with Crippen LogP contribution in [0.15, 0.2) is 4.99 Å². The summed E-state index contributed by atoms with van der Waals surface area (Å²) in [7, 11) is 0. The van der Waals surface area contributed by atoms with E-state index in [0.717, 1.165) is 26.1 Å². The number of rotatable bonds is 3. The molecule has 2 fully saturated rings. The fraction of sp³-hybridized carbons (Fsp3) is 0.933. The SMILES string of the molecule is CC(C)OC1CC(N=C(N)N2CCOC(C)C2)C1(C)C.I. The van der Waals surface area contributed by atoms with Gasteiger partial charge in [0.15, 0.2) is 5.96 Å². The number of guanidine groups is 1. The Hall–Kier alpha value is -0.0800. The van der Waals surface area contributed by atoms with Crippen molar-refractivity contribution in [3.05, 3.63) is 0 Å². The van der Waals surface area contributed by atoms with Gasteiger partial charge in [0.1, 0.15) is 0 Å². The molecule has 124 valence electrons. The first-order valence-corrected chi connectivity index (χ1v) is 7.66. The van der Waals surface area contributed by atoms with E-state index in [-0.39, 0.29) is 53.7 Å². The van der Waals surface area contributed by atoms with E-state index in [1.54, 1.807) is 0 Å². The highest BCUT2D eigenvalue weighted by atomic mass is 127. The molecule has 2 rings (SSSR count). The van der Waals surface area contributed by atoms with Crippen LogP contribution in [-0.4, -0.2) is 54.9 Å². The van der Waals surface area contributed by atoms with Crippen molar-refractivity contribution in [2.75, 3.05) is 19.7 Å². The van der Waals surface area contributed by atoms with Crippen molar-refractivity contribution >= 4 is 29.9 Å². The summed E-state index contributed by atoms with van der Waals surface area (Å²) >= 11 is 0. The van der Waals surface area contributed by atoms with Crippen LogP contribution < -0.4 is 5.73 Å². The van der Waals surface area contributed by atoms with Gasteiger partial charge in [-0.25, -0.2) is 4.99 Å². The lowest BCUT2D eigenvalue weighted by molar-refractivity contribution is -0.129. The minimum Gasteiger partial charge on any atom is -0.375 e. The monoisotopic (exact) mass is 411 g/mol. The molecule has 1 saturated carbocycles. The number of halogens is 1. The number of hydrogen-bond acceptors (Lipinski definition) is 3. The smallest absolute Gasteiger partial charge is 0.191 e. The molecule has 0 aromatic heterocycles. The summed E-state index contributed by atoms with van der Waals surface area (Å²) in [5.74, 6) is 0.654. The van der Waals surface area contributed by atoms with Crippen LogP contribution in [0.25, 0.3) is 0 Å². The van der Waals surface area contributed by atoms with E-state index in [4.69, 9.17) is 20.2 Å². The van der Waals surface area contributed by atoms with Gasteiger partial charge in [0.25, 0.3) is 0 Å². The molecule has 3 unspecified atom stereocenters. The van der Waals surface area contributed by atoms with Crippen LogP contribution in [0.3, 0.4) is 0 Å². The maximum absolute atomic E-state index is 6.17. The van der Waals surface area contributed by atoms with Crippen LogP contribution in [-0.2, 0) is 9.47 Å². The lowest BCUT2D eigenvalue weighted by Gasteiger charge is -2.50. The molecule has 0 amide bonds. The molecule has 0 bridgehead atoms. The van der Waals surface area contributed by atoms with E-state index >= 15 is 0 Å². The summed E-state index contributed by atoms with van der Waals surface area (Å²) in [6, 6.07) is 0.254. The van der Waals surface area contributed by atoms with Gasteiger partial charge in [-0.1, -0.05) is 13.8 Å². The average molecular weight is 411 g/mol. The molecule has 0 radical (unpaired) electrons. The molecule has 2 aliphatic rings. The molecular formula is C15H30IN3O2. The summed E-state index contributed by atoms with van der Waals surface area (Å²) in [5.41, 5.74) is 6.23. The van der Waals surface area contributed by atoms with Crippen LogP contribution >= 0.6 is 24.0 Å². The predicted octanol–water partition coefficient (Wildman–Crippen LogP) is 2.23. The third-order valence-corrected chi connectivity index (χ3v) is 4.42. The minimum absolute atomic E-state index is 0. The minimum atomic E-state index is 0. The fourth-order valence-corrected chi connectivity index (χ4v) is 2.91. The number of hydrogen-bond donors (Lipinski definition) is 1. The molecule has 2 N–H and O–H groups in total. The first kappa shape index (κ1) is 19.0. The van der Waals surface area contributed by atoms with Gasteiger partial charge in [-0.05, 0) is 27.2 Å². The molecule has 1 heterocycles. The van der Waals surface area contributed by atoms with E-state index in [0.29, 0.717) is 5.96 Å². The molecule has 3 atom stereocenters. The molecule has 0 aromatic rings. The molecule has 1 saturated heterocycles. The second kappa shape index (κ2) is 7.46. The standard InChI is InChI=1S/C15H29N3O2.HI/c1-10(2)20-13-8-12(15(13,4)5)17-14(16)18-6-7-19-11(3)9-18;/h10-13H,6-9H2,1-5H3,(H2,16,17);1H. The Morgan fingerprint density at radius 2 is 2.10 bits per heavy atom. The van der Waals surface area contributed by atoms with E-state index in [9.17, 15) is 0 Å². The molecule has 21 heavy (non-hydrogen) atoms. The Morgan fingerprint density at radius 3 is 2.62 bits per heavy atom. The molecule has 5 nitrogen and oxygen atoms in total. The van der Waals surface area contributed by atoms with Gasteiger partial charge >= 0.3 is 0 Å². The van der Waals surface area contributed by atoms with Gasteiger partial charge in [0.2, 0.25) is 0 Å². The summed E-state index contributed by atoms with van der Waals surface area (Å²) in [6.07, 6.45) is 1.74. The molecule has 0 spiro atoms. The highest BCUT2D eigenvalue weighted by molar-refractivity contribution is 14.0. The summed E-state index contributed by atoms with van der Waals surface area (Å²) in [5, 5.41) is 0. The summed E-state index contributed by atoms with van der Waals surface area (Å²) in [4.78, 5) is 6.86. The third-order valence-electron chi connectivity index (χ3n) is 4.42. The van der Waals surface area contributed by atoms with E-state index in [2.05, 4.69) is 39.5 Å². The van der Waals surface area contributed by atoms with Gasteiger partial charge in [-0.15, -0.1) is 24.0 Å². The predicted molar refractivity (Wildman–Crippen MR) is 96.2 cm³/mol. The largest absolute Gasteiger partial charge is 0.375 e. The zero-order chi connectivity index (χ0) is 14.9. The molecule has 0 aromatic carbocycles. The molecule has 1 aliphatic carbocycles. The fourth-order valence-electron chi connectivity index (χ4n) is 2.91. The number of aliphatic imine (C=N–C) groups is 1. The van der Waals surface area contributed by atoms with Crippen LogP contribution in [0.1, 0.15) is 41.0 Å². The Kier molecular flexibility index (Phi) is 6.74. The van der Waals surface area contributed by atoms with E-state index < -0.39 is 0 Å². The second-order valence-corrected chi connectivity index (χ2v) is 6.86. The van der Waals surface area contributed by atoms with E-state index in [1.807, 2.05) is 0 Å². The quantitative estimate of drug-likeness (QED) is 0.440. The summed E-state index contributed by atoms with van der Waals surface area (Å²) < 4.78 is 11.5. The van der Waals surface area contributed by atoms with Gasteiger partial charge < -0.3 is 20.1 Å². The zero-order valence-corrected chi connectivity index (χ0v) is 16.2. The Balaban J connectivity index is 0.00000220. The average Bonchev–Trinajstić information content (AvgIpc) is 2.37. The first-order chi connectivity index (χ1) is 9.30. The van der Waals surface area contributed by atoms with Crippen LogP contribution in [0.2, 0.25) is 0 Å². The van der Waals surface area contributed by atoms with Gasteiger partial charge in [0.05, 0.1) is 31.0 Å². The van der Waals surface area contributed by atoms with Crippen LogP contribution in [0.4, 0.5) is 0 Å². The summed E-state index contributed by atoms with van der Waals surface area (Å²) in [6.45, 7) is 13.0. The van der Waals surface area contributed by atoms with Crippen molar-refractivity contribution in [3.63, 3.8) is 0 Å². The van der Waals surface area contributed by atoms with Crippen LogP contribution in [0.5, 0.6) is 0 Å². The maximum Gasteiger partial charge on any atom is 0.191 e. The van der Waals surface area contributed by atoms with Crippen molar-refractivity contribution in [3.8, 4) is 0 Å². The van der Waals surface area contributed by atoms with Crippen molar-refractivity contribution < 1.29 is 9.47 Å². The molecule has 6 heteroatoms. The molecular weight excluding hydrogens is 381 g/mol. The lowest BCUT2D eigenvalue weighted by atomic mass is 9.64. The maximum atomic E-state index is 6.17. The number of nitrogens with two attached hydrogens (primary N) is 1. The van der Waals surface area contributed by atoms with Crippen LogP contribution in [0, 0.1) is 5.41 Å². The van der Waals surface area contributed by atoms with E-state index in [1.165, 1.54) is 0 Å². The van der Waals surface area contributed by atoms with Gasteiger partial charge in [0, 0.05) is 18.5 Å². The van der Waals surface area contributed by atoms with Gasteiger partial charge in [-0.2, -0.15) is 0 Å². The second-order valence-electron chi connectivity index (χ2n) is 6.86. The highest BCUT2D eigenvalue weighted by Crippen LogP contribution is 2.45. The van der Waals surface area contributed by atoms with Crippen molar-refractivity contribution in [2.45, 2.75) is 65.4 Å². The number of morpholine rings is 1. The van der Waals surface area contributed by atoms with Crippen molar-refractivity contribution in [1.82, 2.24) is 4.90 Å². The van der Waals surface area contributed by atoms with Crippen molar-refractivity contribution in [2.24, 2.45) is 16.1 Å². The lowest BCUT2D eigenvalue weighted by Crippen LogP contribution is -2.56. The normalized spacial score (nSPS) is 32.6. The zero-order valence-electron chi connectivity index (χ0n) is 13.8. The first-order valence-electron chi connectivity index (χ1n) is 7.66. The Morgan fingerprint density at radius 1 is 1.43 bits per heavy atom. The number of ether oxygens (including phenoxy) is 2. The third kappa shape index (κ3) is 4.45. The Bertz CT molecular complexity index is 374. The topological polar surface area (TPSA) is 60.1 Å².